The average Bonchev–Trinajstić information content (AvgIpc) is 2.64. The monoisotopic (exact) mass is 322 g/mol. The van der Waals surface area contributed by atoms with Gasteiger partial charge in [0.15, 0.2) is 0 Å². The number of hydrogen-bond acceptors (Lipinski definition) is 5. The molecule has 0 spiro atoms. The van der Waals surface area contributed by atoms with Crippen molar-refractivity contribution in [1.29, 1.82) is 5.26 Å². The molecule has 1 aliphatic heterocycles. The third-order valence-electron chi connectivity index (χ3n) is 4.57. The fourth-order valence-electron chi connectivity index (χ4n) is 3.11. The molecule has 0 radical (unpaired) electrons. The van der Waals surface area contributed by atoms with Gasteiger partial charge in [-0.1, -0.05) is 12.1 Å². The van der Waals surface area contributed by atoms with E-state index in [2.05, 4.69) is 16.3 Å². The van der Waals surface area contributed by atoms with E-state index in [0.717, 1.165) is 60.1 Å². The number of aryl methyl sites for hydroxylation is 1. The van der Waals surface area contributed by atoms with E-state index in [9.17, 15) is 5.26 Å². The van der Waals surface area contributed by atoms with Crippen molar-refractivity contribution in [2.75, 3.05) is 38.2 Å². The summed E-state index contributed by atoms with van der Waals surface area (Å²) >= 11 is 0. The Labute approximate surface area is 142 Å². The lowest BCUT2D eigenvalue weighted by molar-refractivity contribution is 0.415. The molecule has 1 aromatic carbocycles. The summed E-state index contributed by atoms with van der Waals surface area (Å²) in [6.45, 7) is 7.60. The molecule has 0 amide bonds. The minimum Gasteiger partial charge on any atom is -0.497 e. The molecule has 1 aromatic heterocycles. The van der Waals surface area contributed by atoms with E-state index in [1.54, 1.807) is 7.11 Å². The van der Waals surface area contributed by atoms with Crippen LogP contribution in [0.1, 0.15) is 16.8 Å². The number of ether oxygens (including phenoxy) is 1. The van der Waals surface area contributed by atoms with Gasteiger partial charge in [0.1, 0.15) is 23.2 Å². The number of pyridine rings is 1. The van der Waals surface area contributed by atoms with Crippen LogP contribution >= 0.6 is 0 Å². The van der Waals surface area contributed by atoms with Crippen LogP contribution in [-0.4, -0.2) is 38.3 Å². The molecule has 2 heterocycles. The van der Waals surface area contributed by atoms with Crippen LogP contribution in [0.3, 0.4) is 0 Å². The molecule has 0 aliphatic carbocycles. The largest absolute Gasteiger partial charge is 0.497 e. The second kappa shape index (κ2) is 6.90. The summed E-state index contributed by atoms with van der Waals surface area (Å²) in [5.41, 5.74) is 4.67. The quantitative estimate of drug-likeness (QED) is 0.941. The number of nitriles is 1. The number of aromatic nitrogens is 1. The van der Waals surface area contributed by atoms with Gasteiger partial charge >= 0.3 is 0 Å². The lowest BCUT2D eigenvalue weighted by Gasteiger charge is -2.30. The van der Waals surface area contributed by atoms with E-state index in [1.165, 1.54) is 0 Å². The number of methoxy groups -OCH3 is 1. The van der Waals surface area contributed by atoms with Gasteiger partial charge in [-0.15, -0.1) is 0 Å². The Hall–Kier alpha value is -2.58. The van der Waals surface area contributed by atoms with Crippen molar-refractivity contribution in [1.82, 2.24) is 10.3 Å². The second-order valence-corrected chi connectivity index (χ2v) is 5.97. The topological polar surface area (TPSA) is 61.2 Å². The van der Waals surface area contributed by atoms with Gasteiger partial charge < -0.3 is 15.0 Å². The van der Waals surface area contributed by atoms with E-state index in [-0.39, 0.29) is 0 Å². The molecule has 1 aliphatic rings. The minimum atomic E-state index is 0.658. The number of nitrogens with one attached hydrogen (secondary N) is 1. The third-order valence-corrected chi connectivity index (χ3v) is 4.57. The summed E-state index contributed by atoms with van der Waals surface area (Å²) in [5.74, 6) is 1.61. The lowest BCUT2D eigenvalue weighted by atomic mass is 9.94. The van der Waals surface area contributed by atoms with Crippen molar-refractivity contribution < 1.29 is 4.74 Å². The number of rotatable bonds is 3. The molecule has 5 nitrogen and oxygen atoms in total. The molecule has 2 aromatic rings. The van der Waals surface area contributed by atoms with Crippen LogP contribution in [0.25, 0.3) is 11.1 Å². The lowest BCUT2D eigenvalue weighted by Crippen LogP contribution is -2.44. The third kappa shape index (κ3) is 2.93. The van der Waals surface area contributed by atoms with Crippen molar-refractivity contribution >= 4 is 5.82 Å². The predicted molar refractivity (Wildman–Crippen MR) is 95.5 cm³/mol. The second-order valence-electron chi connectivity index (χ2n) is 5.97. The molecule has 1 fully saturated rings. The summed E-state index contributed by atoms with van der Waals surface area (Å²) in [5, 5.41) is 13.2. The number of nitrogens with zero attached hydrogens (tertiary/aromatic N) is 3. The number of anilines is 1. The highest BCUT2D eigenvalue weighted by atomic mass is 16.5. The van der Waals surface area contributed by atoms with Crippen molar-refractivity contribution in [2.45, 2.75) is 13.8 Å². The zero-order chi connectivity index (χ0) is 17.1. The zero-order valence-corrected chi connectivity index (χ0v) is 14.4. The van der Waals surface area contributed by atoms with Crippen LogP contribution in [0.2, 0.25) is 0 Å². The van der Waals surface area contributed by atoms with Crippen LogP contribution in [0, 0.1) is 25.2 Å². The molecule has 124 valence electrons. The fraction of sp³-hybridized carbons (Fsp3) is 0.368. The highest BCUT2D eigenvalue weighted by Gasteiger charge is 2.22. The Balaban J connectivity index is 2.16. The zero-order valence-electron chi connectivity index (χ0n) is 14.4. The van der Waals surface area contributed by atoms with Gasteiger partial charge in [-0.05, 0) is 37.1 Å². The number of piperazine rings is 1. The van der Waals surface area contributed by atoms with Gasteiger partial charge in [-0.3, -0.25) is 0 Å². The van der Waals surface area contributed by atoms with Crippen LogP contribution in [0.15, 0.2) is 24.3 Å². The maximum absolute atomic E-state index is 9.85. The first-order chi connectivity index (χ1) is 11.7. The SMILES string of the molecule is COc1ccc(-c2c(C)c(C)nc(N3CCNCC3)c2C#N)cc1. The normalized spacial score (nSPS) is 14.3. The average molecular weight is 322 g/mol. The molecule has 0 atom stereocenters. The Morgan fingerprint density at radius 1 is 1.17 bits per heavy atom. The summed E-state index contributed by atoms with van der Waals surface area (Å²) in [6.07, 6.45) is 0. The molecule has 0 bridgehead atoms. The minimum absolute atomic E-state index is 0.658. The van der Waals surface area contributed by atoms with Crippen LogP contribution < -0.4 is 15.0 Å². The molecule has 1 N–H and O–H groups in total. The first-order valence-electron chi connectivity index (χ1n) is 8.17. The summed E-state index contributed by atoms with van der Waals surface area (Å²) in [4.78, 5) is 6.94. The summed E-state index contributed by atoms with van der Waals surface area (Å²) in [6, 6.07) is 10.3. The number of hydrogen-bond donors (Lipinski definition) is 1. The highest BCUT2D eigenvalue weighted by Crippen LogP contribution is 2.34. The van der Waals surface area contributed by atoms with E-state index in [1.807, 2.05) is 38.1 Å². The molecule has 3 rings (SSSR count). The van der Waals surface area contributed by atoms with E-state index >= 15 is 0 Å². The van der Waals surface area contributed by atoms with Crippen molar-refractivity contribution in [3.63, 3.8) is 0 Å². The standard InChI is InChI=1S/C19H22N4O/c1-13-14(2)22-19(23-10-8-21-9-11-23)17(12-20)18(13)15-4-6-16(24-3)7-5-15/h4-7,21H,8-11H2,1-3H3. The smallest absolute Gasteiger partial charge is 0.147 e. The van der Waals surface area contributed by atoms with Crippen LogP contribution in [0.5, 0.6) is 5.75 Å². The molecule has 24 heavy (non-hydrogen) atoms. The Morgan fingerprint density at radius 3 is 2.42 bits per heavy atom. The Kier molecular flexibility index (Phi) is 4.68. The highest BCUT2D eigenvalue weighted by molar-refractivity contribution is 5.80. The first kappa shape index (κ1) is 16.3. The summed E-state index contributed by atoms with van der Waals surface area (Å²) in [7, 11) is 1.65. The van der Waals surface area contributed by atoms with Crippen LogP contribution in [-0.2, 0) is 0 Å². The maximum Gasteiger partial charge on any atom is 0.147 e. The molecular formula is C19H22N4O. The molecule has 1 saturated heterocycles. The molecule has 0 saturated carbocycles. The summed E-state index contributed by atoms with van der Waals surface area (Å²) < 4.78 is 5.24. The molecular weight excluding hydrogens is 300 g/mol. The molecule has 5 heteroatoms. The van der Waals surface area contributed by atoms with Gasteiger partial charge in [0.05, 0.1) is 7.11 Å². The fourth-order valence-corrected chi connectivity index (χ4v) is 3.11. The predicted octanol–water partition coefficient (Wildman–Crippen LogP) is 2.66. The van der Waals surface area contributed by atoms with E-state index in [0.29, 0.717) is 5.56 Å². The van der Waals surface area contributed by atoms with Gasteiger partial charge in [0.25, 0.3) is 0 Å². The van der Waals surface area contributed by atoms with E-state index < -0.39 is 0 Å². The van der Waals surface area contributed by atoms with Crippen molar-refractivity contribution in [2.24, 2.45) is 0 Å². The Bertz CT molecular complexity index is 771. The van der Waals surface area contributed by atoms with Crippen molar-refractivity contribution in [3.05, 3.63) is 41.1 Å². The van der Waals surface area contributed by atoms with E-state index in [4.69, 9.17) is 9.72 Å². The van der Waals surface area contributed by atoms with Gasteiger partial charge in [-0.25, -0.2) is 4.98 Å². The van der Waals surface area contributed by atoms with Gasteiger partial charge in [-0.2, -0.15) is 5.26 Å². The van der Waals surface area contributed by atoms with Crippen molar-refractivity contribution in [3.8, 4) is 22.9 Å². The van der Waals surface area contributed by atoms with Gasteiger partial charge in [0.2, 0.25) is 0 Å². The Morgan fingerprint density at radius 2 is 1.83 bits per heavy atom. The maximum atomic E-state index is 9.85. The first-order valence-corrected chi connectivity index (χ1v) is 8.17. The van der Waals surface area contributed by atoms with Crippen LogP contribution in [0.4, 0.5) is 5.82 Å². The number of benzene rings is 1. The van der Waals surface area contributed by atoms with Gasteiger partial charge in [0, 0.05) is 37.4 Å². The molecule has 0 unspecified atom stereocenters.